The summed E-state index contributed by atoms with van der Waals surface area (Å²) in [6.07, 6.45) is 8.28. The molecule has 1 fully saturated rings. The van der Waals surface area contributed by atoms with Gasteiger partial charge in [0, 0.05) is 13.2 Å². The Kier molecular flexibility index (Phi) is 6.56. The van der Waals surface area contributed by atoms with Crippen LogP contribution >= 0.6 is 0 Å². The fourth-order valence-electron chi connectivity index (χ4n) is 3.58. The summed E-state index contributed by atoms with van der Waals surface area (Å²) in [5.41, 5.74) is 1.03. The van der Waals surface area contributed by atoms with Crippen LogP contribution in [0, 0.1) is 5.92 Å². The van der Waals surface area contributed by atoms with Crippen LogP contribution in [-0.2, 0) is 16.0 Å². The van der Waals surface area contributed by atoms with Gasteiger partial charge in [0.05, 0.1) is 19.1 Å². The first-order valence-corrected chi connectivity index (χ1v) is 9.45. The van der Waals surface area contributed by atoms with Gasteiger partial charge < -0.3 is 19.5 Å². The molecule has 1 aromatic carbocycles. The maximum atomic E-state index is 12.4. The molecule has 1 aromatic rings. The van der Waals surface area contributed by atoms with Crippen molar-refractivity contribution in [1.29, 1.82) is 0 Å². The topological polar surface area (TPSA) is 56.8 Å². The van der Waals surface area contributed by atoms with Gasteiger partial charge in [0.15, 0.2) is 0 Å². The molecule has 2 aliphatic rings. The first kappa shape index (κ1) is 18.1. The number of hydrogen-bond donors (Lipinski definition) is 1. The van der Waals surface area contributed by atoms with Crippen LogP contribution in [0.25, 0.3) is 0 Å². The van der Waals surface area contributed by atoms with E-state index in [9.17, 15) is 4.79 Å². The Labute approximate surface area is 150 Å². The van der Waals surface area contributed by atoms with E-state index < -0.39 is 0 Å². The second-order valence-corrected chi connectivity index (χ2v) is 6.96. The number of nitrogens with one attached hydrogen (secondary N) is 1. The van der Waals surface area contributed by atoms with Crippen molar-refractivity contribution >= 4 is 5.91 Å². The first-order valence-electron chi connectivity index (χ1n) is 9.45. The molecule has 0 bridgehead atoms. The first-order chi connectivity index (χ1) is 12.3. The molecule has 5 nitrogen and oxygen atoms in total. The van der Waals surface area contributed by atoms with E-state index in [-0.39, 0.29) is 11.8 Å². The lowest BCUT2D eigenvalue weighted by Crippen LogP contribution is -2.38. The van der Waals surface area contributed by atoms with Crippen LogP contribution in [0.5, 0.6) is 11.5 Å². The normalized spacial score (nSPS) is 20.4. The summed E-state index contributed by atoms with van der Waals surface area (Å²) in [6.45, 7) is 1.82. The summed E-state index contributed by atoms with van der Waals surface area (Å²) in [7, 11) is 1.64. The molecule has 1 atom stereocenters. The van der Waals surface area contributed by atoms with Crippen molar-refractivity contribution in [2.75, 3.05) is 26.9 Å². The zero-order valence-electron chi connectivity index (χ0n) is 15.1. The highest BCUT2D eigenvalue weighted by Gasteiger charge is 2.26. The summed E-state index contributed by atoms with van der Waals surface area (Å²) in [5.74, 6) is 1.57. The number of methoxy groups -OCH3 is 1. The van der Waals surface area contributed by atoms with Crippen LogP contribution in [0.4, 0.5) is 0 Å². The van der Waals surface area contributed by atoms with Gasteiger partial charge in [-0.15, -0.1) is 0 Å². The summed E-state index contributed by atoms with van der Waals surface area (Å²) < 4.78 is 16.9. The van der Waals surface area contributed by atoms with Crippen molar-refractivity contribution in [1.82, 2.24) is 5.32 Å². The van der Waals surface area contributed by atoms with Crippen LogP contribution in [-0.4, -0.2) is 38.9 Å². The van der Waals surface area contributed by atoms with Gasteiger partial charge in [-0.2, -0.15) is 0 Å². The number of benzene rings is 1. The highest BCUT2D eigenvalue weighted by Crippen LogP contribution is 2.30. The van der Waals surface area contributed by atoms with Gasteiger partial charge in [0.1, 0.15) is 18.1 Å². The molecule has 25 heavy (non-hydrogen) atoms. The second-order valence-electron chi connectivity index (χ2n) is 6.96. The predicted molar refractivity (Wildman–Crippen MR) is 96.1 cm³/mol. The van der Waals surface area contributed by atoms with Gasteiger partial charge in [0.2, 0.25) is 5.91 Å². The van der Waals surface area contributed by atoms with E-state index in [2.05, 4.69) is 5.32 Å². The smallest absolute Gasteiger partial charge is 0.226 e. The standard InChI is InChI=1S/C20H29NO4/c1-23-18-8-9-19-15(13-18)12-16(14-25-19)20(22)21-10-5-11-24-17-6-3-2-4-7-17/h8-9,13,16-17H,2-7,10-12,14H2,1H3,(H,21,22)/t16-/m1/s1. The van der Waals surface area contributed by atoms with Gasteiger partial charge >= 0.3 is 0 Å². The molecule has 0 spiro atoms. The third-order valence-electron chi connectivity index (χ3n) is 5.07. The molecule has 0 radical (unpaired) electrons. The summed E-state index contributed by atoms with van der Waals surface area (Å²) in [4.78, 5) is 12.4. The van der Waals surface area contributed by atoms with Gasteiger partial charge in [-0.1, -0.05) is 19.3 Å². The zero-order valence-corrected chi connectivity index (χ0v) is 15.1. The van der Waals surface area contributed by atoms with Crippen molar-refractivity contribution in [2.45, 2.75) is 51.0 Å². The minimum absolute atomic E-state index is 0.0612. The van der Waals surface area contributed by atoms with E-state index in [0.29, 0.717) is 25.7 Å². The van der Waals surface area contributed by atoms with Gasteiger partial charge in [-0.05, 0) is 49.4 Å². The van der Waals surface area contributed by atoms with E-state index >= 15 is 0 Å². The van der Waals surface area contributed by atoms with Gasteiger partial charge in [-0.3, -0.25) is 4.79 Å². The Bertz CT molecular complexity index is 569. The number of carbonyl (C=O) groups is 1. The Morgan fingerprint density at radius 1 is 1.28 bits per heavy atom. The van der Waals surface area contributed by atoms with E-state index in [1.54, 1.807) is 7.11 Å². The molecular weight excluding hydrogens is 318 g/mol. The van der Waals surface area contributed by atoms with Crippen LogP contribution in [0.3, 0.4) is 0 Å². The van der Waals surface area contributed by atoms with Crippen LogP contribution in [0.1, 0.15) is 44.1 Å². The number of carbonyl (C=O) groups excluding carboxylic acids is 1. The summed E-state index contributed by atoms with van der Waals surface area (Å²) in [6, 6.07) is 5.74. The number of fused-ring (bicyclic) bond motifs is 1. The van der Waals surface area contributed by atoms with Crippen LogP contribution in [0.2, 0.25) is 0 Å². The minimum atomic E-state index is -0.140. The van der Waals surface area contributed by atoms with Crippen molar-refractivity contribution in [3.05, 3.63) is 23.8 Å². The second kappa shape index (κ2) is 9.09. The lowest BCUT2D eigenvalue weighted by molar-refractivity contribution is -0.126. The Hall–Kier alpha value is -1.75. The molecule has 0 aromatic heterocycles. The SMILES string of the molecule is COc1ccc2c(c1)C[C@@H](C(=O)NCCCOC1CCCCC1)CO2. The highest BCUT2D eigenvalue weighted by atomic mass is 16.5. The van der Waals surface area contributed by atoms with Crippen molar-refractivity contribution in [3.63, 3.8) is 0 Å². The third kappa shape index (κ3) is 5.11. The largest absolute Gasteiger partial charge is 0.497 e. The van der Waals surface area contributed by atoms with Crippen LogP contribution in [0.15, 0.2) is 18.2 Å². The molecule has 1 aliphatic carbocycles. The third-order valence-corrected chi connectivity index (χ3v) is 5.07. The Morgan fingerprint density at radius 2 is 2.12 bits per heavy atom. The van der Waals surface area contributed by atoms with E-state index in [1.165, 1.54) is 32.1 Å². The van der Waals surface area contributed by atoms with E-state index in [1.807, 2.05) is 18.2 Å². The molecular formula is C20H29NO4. The summed E-state index contributed by atoms with van der Waals surface area (Å²) in [5, 5.41) is 3.02. The molecule has 0 unspecified atom stereocenters. The summed E-state index contributed by atoms with van der Waals surface area (Å²) >= 11 is 0. The lowest BCUT2D eigenvalue weighted by Gasteiger charge is -2.25. The molecule has 1 aliphatic heterocycles. The molecule has 0 saturated heterocycles. The van der Waals surface area contributed by atoms with E-state index in [4.69, 9.17) is 14.2 Å². The number of hydrogen-bond acceptors (Lipinski definition) is 4. The van der Waals surface area contributed by atoms with Gasteiger partial charge in [0.25, 0.3) is 0 Å². The Morgan fingerprint density at radius 3 is 2.92 bits per heavy atom. The average Bonchev–Trinajstić information content (AvgIpc) is 2.67. The molecule has 138 valence electrons. The monoisotopic (exact) mass is 347 g/mol. The maximum absolute atomic E-state index is 12.4. The highest BCUT2D eigenvalue weighted by molar-refractivity contribution is 5.79. The maximum Gasteiger partial charge on any atom is 0.226 e. The number of amides is 1. The quantitative estimate of drug-likeness (QED) is 0.770. The fourth-order valence-corrected chi connectivity index (χ4v) is 3.58. The zero-order chi connectivity index (χ0) is 17.5. The number of ether oxygens (including phenoxy) is 3. The van der Waals surface area contributed by atoms with Crippen molar-refractivity contribution in [2.24, 2.45) is 5.92 Å². The lowest BCUT2D eigenvalue weighted by atomic mass is 9.96. The number of rotatable bonds is 7. The fraction of sp³-hybridized carbons (Fsp3) is 0.650. The molecule has 1 N–H and O–H groups in total. The molecule has 1 amide bonds. The molecule has 1 heterocycles. The van der Waals surface area contributed by atoms with Gasteiger partial charge in [-0.25, -0.2) is 0 Å². The van der Waals surface area contributed by atoms with Crippen LogP contribution < -0.4 is 14.8 Å². The molecule has 3 rings (SSSR count). The average molecular weight is 347 g/mol. The Balaban J connectivity index is 1.37. The molecule has 5 heteroatoms. The van der Waals surface area contributed by atoms with E-state index in [0.717, 1.165) is 30.1 Å². The predicted octanol–water partition coefficient (Wildman–Crippen LogP) is 3.10. The van der Waals surface area contributed by atoms with Crippen molar-refractivity contribution < 1.29 is 19.0 Å². The minimum Gasteiger partial charge on any atom is -0.497 e. The molecule has 1 saturated carbocycles. The van der Waals surface area contributed by atoms with Crippen molar-refractivity contribution in [3.8, 4) is 11.5 Å².